The van der Waals surface area contributed by atoms with Crippen LogP contribution < -0.4 is 0 Å². The highest BCUT2D eigenvalue weighted by Gasteiger charge is 2.22. The van der Waals surface area contributed by atoms with Gasteiger partial charge in [-0.15, -0.1) is 5.10 Å². The van der Waals surface area contributed by atoms with E-state index >= 15 is 0 Å². The first-order valence-electron chi connectivity index (χ1n) is 9.02. The monoisotopic (exact) mass is 382 g/mol. The van der Waals surface area contributed by atoms with Crippen molar-refractivity contribution in [3.05, 3.63) is 48.0 Å². The van der Waals surface area contributed by atoms with Gasteiger partial charge in [-0.1, -0.05) is 54.2 Å². The number of fused-ring (bicyclic) bond motifs is 1. The van der Waals surface area contributed by atoms with E-state index in [0.29, 0.717) is 10.9 Å². The molecular formula is C19H22N6OS. The lowest BCUT2D eigenvalue weighted by Gasteiger charge is -2.35. The maximum Gasteiger partial charge on any atom is 0.233 e. The van der Waals surface area contributed by atoms with Gasteiger partial charge in [0.1, 0.15) is 0 Å². The highest BCUT2D eigenvalue weighted by Crippen LogP contribution is 2.21. The Morgan fingerprint density at radius 3 is 2.63 bits per heavy atom. The molecule has 7 nitrogen and oxygen atoms in total. The fourth-order valence-electron chi connectivity index (χ4n) is 3.39. The van der Waals surface area contributed by atoms with Crippen LogP contribution in [0.1, 0.15) is 5.56 Å². The quantitative estimate of drug-likeness (QED) is 0.627. The molecule has 1 aliphatic heterocycles. The fourth-order valence-corrected chi connectivity index (χ4v) is 4.14. The van der Waals surface area contributed by atoms with Gasteiger partial charge in [0, 0.05) is 39.8 Å². The molecule has 1 saturated heterocycles. The number of nitrogens with zero attached hydrogens (tertiary/aromatic N) is 6. The lowest BCUT2D eigenvalue weighted by molar-refractivity contribution is -0.130. The molecule has 1 amide bonds. The van der Waals surface area contributed by atoms with Crippen molar-refractivity contribution in [3.63, 3.8) is 0 Å². The third-order valence-corrected chi connectivity index (χ3v) is 5.90. The van der Waals surface area contributed by atoms with Crippen LogP contribution in [0.2, 0.25) is 0 Å². The SMILES string of the molecule is Cn1nnnc1SCC(=O)N1CCN(Cc2cccc3ccccc23)CC1. The molecule has 1 fully saturated rings. The van der Waals surface area contributed by atoms with E-state index in [9.17, 15) is 4.79 Å². The Morgan fingerprint density at radius 2 is 1.85 bits per heavy atom. The number of carbonyl (C=O) groups is 1. The first-order valence-corrected chi connectivity index (χ1v) is 10.0. The van der Waals surface area contributed by atoms with Crippen molar-refractivity contribution < 1.29 is 4.79 Å². The molecule has 140 valence electrons. The van der Waals surface area contributed by atoms with E-state index in [0.717, 1.165) is 32.7 Å². The van der Waals surface area contributed by atoms with Crippen molar-refractivity contribution in [1.29, 1.82) is 0 Å². The van der Waals surface area contributed by atoms with E-state index in [1.54, 1.807) is 11.7 Å². The predicted molar refractivity (Wildman–Crippen MR) is 105 cm³/mol. The second-order valence-electron chi connectivity index (χ2n) is 6.67. The molecule has 0 radical (unpaired) electrons. The topological polar surface area (TPSA) is 67.2 Å². The van der Waals surface area contributed by atoms with Crippen LogP contribution in [0, 0.1) is 0 Å². The summed E-state index contributed by atoms with van der Waals surface area (Å²) in [4.78, 5) is 16.8. The molecule has 0 aliphatic carbocycles. The number of thioether (sulfide) groups is 1. The Kier molecular flexibility index (Phi) is 5.35. The first-order chi connectivity index (χ1) is 13.2. The third-order valence-electron chi connectivity index (χ3n) is 4.90. The molecular weight excluding hydrogens is 360 g/mol. The number of amides is 1. The maximum atomic E-state index is 12.5. The molecule has 27 heavy (non-hydrogen) atoms. The average Bonchev–Trinajstić information content (AvgIpc) is 3.12. The molecule has 1 aromatic heterocycles. The van der Waals surface area contributed by atoms with Crippen LogP contribution in [-0.4, -0.2) is 67.8 Å². The number of carbonyl (C=O) groups excluding carboxylic acids is 1. The average molecular weight is 382 g/mol. The van der Waals surface area contributed by atoms with Crippen LogP contribution in [0.3, 0.4) is 0 Å². The van der Waals surface area contributed by atoms with E-state index < -0.39 is 0 Å². The van der Waals surface area contributed by atoms with Crippen LogP contribution in [0.5, 0.6) is 0 Å². The van der Waals surface area contributed by atoms with Gasteiger partial charge in [0.25, 0.3) is 0 Å². The van der Waals surface area contributed by atoms with Gasteiger partial charge >= 0.3 is 0 Å². The summed E-state index contributed by atoms with van der Waals surface area (Å²) in [7, 11) is 1.78. The Bertz CT molecular complexity index is 929. The van der Waals surface area contributed by atoms with Gasteiger partial charge in [-0.3, -0.25) is 9.69 Å². The molecule has 8 heteroatoms. The Labute approximate surface area is 162 Å². The number of hydrogen-bond acceptors (Lipinski definition) is 6. The number of rotatable bonds is 5. The largest absolute Gasteiger partial charge is 0.339 e. The number of hydrogen-bond donors (Lipinski definition) is 0. The standard InChI is InChI=1S/C19H22N6OS/c1-23-19(20-21-22-23)27-14-18(26)25-11-9-24(10-12-25)13-16-7-4-6-15-5-2-3-8-17(15)16/h2-8H,9-14H2,1H3. The molecule has 0 spiro atoms. The smallest absolute Gasteiger partial charge is 0.233 e. The Balaban J connectivity index is 1.31. The van der Waals surface area contributed by atoms with E-state index in [1.807, 2.05) is 4.90 Å². The number of aryl methyl sites for hydroxylation is 1. The second-order valence-corrected chi connectivity index (χ2v) is 7.61. The summed E-state index contributed by atoms with van der Waals surface area (Å²) in [6.07, 6.45) is 0. The highest BCUT2D eigenvalue weighted by atomic mass is 32.2. The Morgan fingerprint density at radius 1 is 1.07 bits per heavy atom. The van der Waals surface area contributed by atoms with Crippen molar-refractivity contribution in [2.24, 2.45) is 7.05 Å². The van der Waals surface area contributed by atoms with Crippen LogP contribution in [0.25, 0.3) is 10.8 Å². The highest BCUT2D eigenvalue weighted by molar-refractivity contribution is 7.99. The van der Waals surface area contributed by atoms with E-state index in [2.05, 4.69) is 62.9 Å². The summed E-state index contributed by atoms with van der Waals surface area (Å²) < 4.78 is 1.58. The lowest BCUT2D eigenvalue weighted by atomic mass is 10.0. The van der Waals surface area contributed by atoms with Crippen LogP contribution in [-0.2, 0) is 18.4 Å². The van der Waals surface area contributed by atoms with Gasteiger partial charge in [0.05, 0.1) is 5.75 Å². The summed E-state index contributed by atoms with van der Waals surface area (Å²) >= 11 is 1.38. The van der Waals surface area contributed by atoms with E-state index in [-0.39, 0.29) is 5.91 Å². The molecule has 0 bridgehead atoms. The van der Waals surface area contributed by atoms with Gasteiger partial charge < -0.3 is 4.90 Å². The van der Waals surface area contributed by atoms with Gasteiger partial charge in [0.2, 0.25) is 11.1 Å². The van der Waals surface area contributed by atoms with Gasteiger partial charge in [-0.25, -0.2) is 4.68 Å². The van der Waals surface area contributed by atoms with E-state index in [1.165, 1.54) is 28.1 Å². The minimum absolute atomic E-state index is 0.146. The van der Waals surface area contributed by atoms with Crippen molar-refractivity contribution in [1.82, 2.24) is 30.0 Å². The number of benzene rings is 2. The van der Waals surface area contributed by atoms with Crippen molar-refractivity contribution in [2.75, 3.05) is 31.9 Å². The zero-order valence-electron chi connectivity index (χ0n) is 15.3. The number of tetrazole rings is 1. The zero-order chi connectivity index (χ0) is 18.6. The van der Waals surface area contributed by atoms with Crippen LogP contribution in [0.4, 0.5) is 0 Å². The molecule has 0 N–H and O–H groups in total. The molecule has 1 aliphatic rings. The maximum absolute atomic E-state index is 12.5. The summed E-state index contributed by atoms with van der Waals surface area (Å²) in [5.74, 6) is 0.519. The summed E-state index contributed by atoms with van der Waals surface area (Å²) in [5.41, 5.74) is 1.35. The fraction of sp³-hybridized carbons (Fsp3) is 0.368. The molecule has 3 aromatic rings. The molecule has 2 aromatic carbocycles. The molecule has 0 atom stereocenters. The lowest BCUT2D eigenvalue weighted by Crippen LogP contribution is -2.48. The molecule has 0 unspecified atom stereocenters. The predicted octanol–water partition coefficient (Wildman–Crippen LogP) is 1.80. The van der Waals surface area contributed by atoms with Gasteiger partial charge in [0.15, 0.2) is 0 Å². The van der Waals surface area contributed by atoms with Crippen LogP contribution >= 0.6 is 11.8 Å². The van der Waals surface area contributed by atoms with Crippen molar-refractivity contribution in [3.8, 4) is 0 Å². The first kappa shape index (κ1) is 17.9. The van der Waals surface area contributed by atoms with Gasteiger partial charge in [-0.2, -0.15) is 0 Å². The van der Waals surface area contributed by atoms with E-state index in [4.69, 9.17) is 0 Å². The minimum atomic E-state index is 0.146. The van der Waals surface area contributed by atoms with Crippen molar-refractivity contribution in [2.45, 2.75) is 11.7 Å². The van der Waals surface area contributed by atoms with Crippen LogP contribution in [0.15, 0.2) is 47.6 Å². The van der Waals surface area contributed by atoms with Gasteiger partial charge in [-0.05, 0) is 26.8 Å². The summed E-state index contributed by atoms with van der Waals surface area (Å²) in [5, 5.41) is 14.5. The molecule has 2 heterocycles. The number of piperazine rings is 1. The summed E-state index contributed by atoms with van der Waals surface area (Å²) in [6.45, 7) is 4.24. The zero-order valence-corrected chi connectivity index (χ0v) is 16.1. The summed E-state index contributed by atoms with van der Waals surface area (Å²) in [6, 6.07) is 15.0. The molecule has 4 rings (SSSR count). The minimum Gasteiger partial charge on any atom is -0.339 e. The second kappa shape index (κ2) is 8.06. The third kappa shape index (κ3) is 4.12. The molecule has 0 saturated carbocycles. The normalized spacial score (nSPS) is 15.4. The number of aromatic nitrogens is 4. The Hall–Kier alpha value is -2.45. The van der Waals surface area contributed by atoms with Crippen molar-refractivity contribution >= 4 is 28.4 Å².